The SMILES string of the molecule is O=C(NCC(CCO)c1ccccc1)c1c(F)ccc(O)c1F. The van der Waals surface area contributed by atoms with E-state index in [1.165, 1.54) is 0 Å². The first-order chi connectivity index (χ1) is 11.0. The summed E-state index contributed by atoms with van der Waals surface area (Å²) in [6.07, 6.45) is 0.398. The van der Waals surface area contributed by atoms with Gasteiger partial charge in [-0.2, -0.15) is 0 Å². The molecule has 2 rings (SSSR count). The van der Waals surface area contributed by atoms with E-state index in [1.807, 2.05) is 30.3 Å². The lowest BCUT2D eigenvalue weighted by atomic mass is 9.96. The van der Waals surface area contributed by atoms with Crippen LogP contribution in [0.15, 0.2) is 42.5 Å². The lowest BCUT2D eigenvalue weighted by molar-refractivity contribution is 0.0940. The van der Waals surface area contributed by atoms with Crippen LogP contribution in [0.1, 0.15) is 28.3 Å². The van der Waals surface area contributed by atoms with Crippen LogP contribution in [0.25, 0.3) is 0 Å². The fourth-order valence-electron chi connectivity index (χ4n) is 2.32. The molecule has 0 bridgehead atoms. The Morgan fingerprint density at radius 3 is 2.48 bits per heavy atom. The van der Waals surface area contributed by atoms with Crippen molar-refractivity contribution in [2.45, 2.75) is 12.3 Å². The maximum Gasteiger partial charge on any atom is 0.257 e. The van der Waals surface area contributed by atoms with Crippen molar-refractivity contribution in [3.05, 3.63) is 65.2 Å². The van der Waals surface area contributed by atoms with Crippen LogP contribution in [-0.2, 0) is 0 Å². The Labute approximate surface area is 132 Å². The molecule has 0 fully saturated rings. The Hall–Kier alpha value is -2.47. The normalized spacial score (nSPS) is 12.0. The van der Waals surface area contributed by atoms with Crippen LogP contribution in [0.3, 0.4) is 0 Å². The summed E-state index contributed by atoms with van der Waals surface area (Å²) in [4.78, 5) is 12.0. The van der Waals surface area contributed by atoms with Crippen molar-refractivity contribution >= 4 is 5.91 Å². The zero-order chi connectivity index (χ0) is 16.8. The minimum atomic E-state index is -1.29. The molecular weight excluding hydrogens is 304 g/mol. The summed E-state index contributed by atoms with van der Waals surface area (Å²) < 4.78 is 27.3. The quantitative estimate of drug-likeness (QED) is 0.766. The lowest BCUT2D eigenvalue weighted by Crippen LogP contribution is -2.30. The van der Waals surface area contributed by atoms with Gasteiger partial charge < -0.3 is 15.5 Å². The van der Waals surface area contributed by atoms with E-state index in [1.54, 1.807) is 0 Å². The van der Waals surface area contributed by atoms with Crippen LogP contribution in [0.5, 0.6) is 5.75 Å². The van der Waals surface area contributed by atoms with Crippen molar-refractivity contribution in [2.75, 3.05) is 13.2 Å². The summed E-state index contributed by atoms with van der Waals surface area (Å²) in [5, 5.41) is 20.8. The van der Waals surface area contributed by atoms with Crippen LogP contribution in [-0.4, -0.2) is 29.3 Å². The largest absolute Gasteiger partial charge is 0.505 e. The molecule has 0 aliphatic heterocycles. The molecule has 0 saturated heterocycles. The molecule has 23 heavy (non-hydrogen) atoms. The molecule has 4 nitrogen and oxygen atoms in total. The van der Waals surface area contributed by atoms with E-state index in [-0.39, 0.29) is 19.1 Å². The second kappa shape index (κ2) is 7.69. The van der Waals surface area contributed by atoms with Gasteiger partial charge in [0.05, 0.1) is 0 Å². The Kier molecular flexibility index (Phi) is 5.65. The molecule has 122 valence electrons. The highest BCUT2D eigenvalue weighted by molar-refractivity contribution is 5.95. The van der Waals surface area contributed by atoms with Gasteiger partial charge in [0.2, 0.25) is 0 Å². The number of carbonyl (C=O) groups excluding carboxylic acids is 1. The van der Waals surface area contributed by atoms with Crippen LogP contribution < -0.4 is 5.32 Å². The minimum Gasteiger partial charge on any atom is -0.505 e. The molecule has 2 aromatic rings. The standard InChI is InChI=1S/C17H17F2NO3/c18-13-6-7-14(22)16(19)15(13)17(23)20-10-12(8-9-21)11-4-2-1-3-5-11/h1-7,12,21-22H,8-10H2,(H,20,23). The predicted octanol–water partition coefficient (Wildman–Crippen LogP) is 2.57. The average molecular weight is 321 g/mol. The lowest BCUT2D eigenvalue weighted by Gasteiger charge is -2.17. The van der Waals surface area contributed by atoms with Crippen LogP contribution >= 0.6 is 0 Å². The number of rotatable bonds is 6. The molecule has 3 N–H and O–H groups in total. The molecule has 1 atom stereocenters. The first-order valence-corrected chi connectivity index (χ1v) is 7.15. The first kappa shape index (κ1) is 16.9. The topological polar surface area (TPSA) is 69.6 Å². The molecule has 0 saturated carbocycles. The maximum absolute atomic E-state index is 13.7. The Morgan fingerprint density at radius 2 is 1.83 bits per heavy atom. The summed E-state index contributed by atoms with van der Waals surface area (Å²) in [5.74, 6) is -4.26. The molecule has 0 aromatic heterocycles. The van der Waals surface area contributed by atoms with Crippen LogP contribution in [0, 0.1) is 11.6 Å². The third-order valence-corrected chi connectivity index (χ3v) is 3.56. The summed E-state index contributed by atoms with van der Waals surface area (Å²) in [7, 11) is 0. The zero-order valence-corrected chi connectivity index (χ0v) is 12.3. The van der Waals surface area contributed by atoms with E-state index in [9.17, 15) is 18.7 Å². The second-order valence-electron chi connectivity index (χ2n) is 5.09. The second-order valence-corrected chi connectivity index (χ2v) is 5.09. The van der Waals surface area contributed by atoms with Crippen LogP contribution in [0.4, 0.5) is 8.78 Å². The highest BCUT2D eigenvalue weighted by atomic mass is 19.1. The van der Waals surface area contributed by atoms with Crippen molar-refractivity contribution in [1.82, 2.24) is 5.32 Å². The maximum atomic E-state index is 13.7. The number of carbonyl (C=O) groups is 1. The number of nitrogens with one attached hydrogen (secondary N) is 1. The minimum absolute atomic E-state index is 0.0791. The number of aliphatic hydroxyl groups is 1. The average Bonchev–Trinajstić information content (AvgIpc) is 2.56. The molecule has 6 heteroatoms. The number of aliphatic hydroxyl groups excluding tert-OH is 1. The van der Waals surface area contributed by atoms with Gasteiger partial charge in [-0.1, -0.05) is 30.3 Å². The van der Waals surface area contributed by atoms with E-state index in [2.05, 4.69) is 5.32 Å². The van der Waals surface area contributed by atoms with Crippen molar-refractivity contribution in [3.63, 3.8) is 0 Å². The van der Waals surface area contributed by atoms with Gasteiger partial charge in [-0.05, 0) is 24.1 Å². The summed E-state index contributed by atoms with van der Waals surface area (Å²) >= 11 is 0. The van der Waals surface area contributed by atoms with Crippen molar-refractivity contribution < 1.29 is 23.8 Å². The van der Waals surface area contributed by atoms with E-state index in [0.29, 0.717) is 6.42 Å². The zero-order valence-electron chi connectivity index (χ0n) is 12.3. The number of benzene rings is 2. The van der Waals surface area contributed by atoms with Gasteiger partial charge in [0.25, 0.3) is 5.91 Å². The van der Waals surface area contributed by atoms with Gasteiger partial charge in [0, 0.05) is 19.1 Å². The summed E-state index contributed by atoms with van der Waals surface area (Å²) in [6.45, 7) is 0.0300. The van der Waals surface area contributed by atoms with Gasteiger partial charge in [0.15, 0.2) is 11.6 Å². The van der Waals surface area contributed by atoms with Gasteiger partial charge in [-0.3, -0.25) is 4.79 Å². The molecule has 0 spiro atoms. The van der Waals surface area contributed by atoms with E-state index < -0.39 is 28.9 Å². The fraction of sp³-hybridized carbons (Fsp3) is 0.235. The number of aromatic hydroxyl groups is 1. The van der Waals surface area contributed by atoms with Gasteiger partial charge in [-0.25, -0.2) is 8.78 Å². The smallest absolute Gasteiger partial charge is 0.257 e. The van der Waals surface area contributed by atoms with Crippen molar-refractivity contribution in [2.24, 2.45) is 0 Å². The van der Waals surface area contributed by atoms with E-state index in [0.717, 1.165) is 17.7 Å². The van der Waals surface area contributed by atoms with Crippen LogP contribution in [0.2, 0.25) is 0 Å². The third kappa shape index (κ3) is 4.04. The van der Waals surface area contributed by atoms with Crippen molar-refractivity contribution in [3.8, 4) is 5.75 Å². The number of phenolic OH excluding ortho intramolecular Hbond substituents is 1. The fourth-order valence-corrected chi connectivity index (χ4v) is 2.32. The molecule has 1 amide bonds. The van der Waals surface area contributed by atoms with Gasteiger partial charge >= 0.3 is 0 Å². The highest BCUT2D eigenvalue weighted by Gasteiger charge is 2.21. The first-order valence-electron chi connectivity index (χ1n) is 7.15. The van der Waals surface area contributed by atoms with E-state index in [4.69, 9.17) is 5.11 Å². The summed E-state index contributed by atoms with van der Waals surface area (Å²) in [5.41, 5.74) is 0.0829. The molecule has 0 heterocycles. The Morgan fingerprint density at radius 1 is 1.13 bits per heavy atom. The van der Waals surface area contributed by atoms with Gasteiger partial charge in [0.1, 0.15) is 11.4 Å². The molecule has 0 radical (unpaired) electrons. The number of amides is 1. The predicted molar refractivity (Wildman–Crippen MR) is 81.2 cm³/mol. The number of phenols is 1. The molecule has 0 aliphatic carbocycles. The third-order valence-electron chi connectivity index (χ3n) is 3.56. The molecule has 2 aromatic carbocycles. The highest BCUT2D eigenvalue weighted by Crippen LogP contribution is 2.22. The Balaban J connectivity index is 2.12. The monoisotopic (exact) mass is 321 g/mol. The van der Waals surface area contributed by atoms with E-state index >= 15 is 0 Å². The van der Waals surface area contributed by atoms with Gasteiger partial charge in [-0.15, -0.1) is 0 Å². The molecule has 0 aliphatic rings. The number of halogens is 2. The Bertz CT molecular complexity index is 677. The van der Waals surface area contributed by atoms with Crippen molar-refractivity contribution in [1.29, 1.82) is 0 Å². The number of hydrogen-bond donors (Lipinski definition) is 3. The molecule has 1 unspecified atom stereocenters. The molecular formula is C17H17F2NO3. The number of hydrogen-bond acceptors (Lipinski definition) is 3. The summed E-state index contributed by atoms with van der Waals surface area (Å²) in [6, 6.07) is 10.9.